The molecule has 0 radical (unpaired) electrons. The molecule has 0 aromatic carbocycles. The molecule has 0 nitrogen and oxygen atoms in total. The van der Waals surface area contributed by atoms with E-state index >= 15 is 0 Å². The average Bonchev–Trinajstić information content (AvgIpc) is 1.41. The first-order chi connectivity index (χ1) is 2.73. The molecule has 0 aliphatic rings. The summed E-state index contributed by atoms with van der Waals surface area (Å²) in [5.41, 5.74) is 0. The Balaban J connectivity index is 0. The van der Waals surface area contributed by atoms with E-state index in [9.17, 15) is 5.87 Å². The third-order valence-corrected chi connectivity index (χ3v) is 0. The van der Waals surface area contributed by atoms with Gasteiger partial charge in [0.2, 0.25) is 0 Å². The van der Waals surface area contributed by atoms with E-state index in [4.69, 9.17) is 0 Å². The summed E-state index contributed by atoms with van der Waals surface area (Å²) >= 11 is -4.92. The van der Waals surface area contributed by atoms with Crippen LogP contribution < -0.4 is 0 Å². The molecular formula is DyF4Y. The summed E-state index contributed by atoms with van der Waals surface area (Å²) < 4.78 is 39.1. The molecule has 0 rings (SSSR count). The predicted molar refractivity (Wildman–Crippen MR) is 4.43 cm³/mol. The first kappa shape index (κ1) is 11.0. The molecule has 0 aliphatic carbocycles. The van der Waals surface area contributed by atoms with Crippen LogP contribution in [-0.4, -0.2) is 0 Å². The molecule has 0 bridgehead atoms. The molecule has 0 saturated heterocycles. The van der Waals surface area contributed by atoms with Gasteiger partial charge in [0.25, 0.3) is 0 Å². The van der Waals surface area contributed by atoms with Crippen LogP contribution in [0.15, 0.2) is 0 Å². The van der Waals surface area contributed by atoms with E-state index in [-0.39, 0.29) is 31.7 Å². The van der Waals surface area contributed by atoms with Crippen molar-refractivity contribution >= 4 is 0 Å². The summed E-state index contributed by atoms with van der Waals surface area (Å²) in [6, 6.07) is 0. The Hall–Kier alpha value is 2.10. The van der Waals surface area contributed by atoms with Crippen molar-refractivity contribution in [3.05, 3.63) is 0 Å². The van der Waals surface area contributed by atoms with Crippen molar-refractivity contribution in [3.63, 3.8) is 0 Å². The molecule has 0 amide bonds. The molecule has 0 unspecified atom stereocenters. The van der Waals surface area contributed by atoms with E-state index in [0.29, 0.717) is 0 Å². The molecule has 0 heterocycles. The second-order valence-electron chi connectivity index (χ2n) is 0.136. The fraction of sp³-hybridized carbons (Fsp3) is 0. The molecule has 0 aliphatic heterocycles. The number of rotatable bonds is 0. The average molecular weight is 327 g/mol. The predicted octanol–water partition coefficient (Wildman–Crippen LogP) is 1.68. The zero-order chi connectivity index (χ0) is 5.58. The van der Waals surface area contributed by atoms with Crippen LogP contribution in [0.2, 0.25) is 0 Å². The topological polar surface area (TPSA) is 0 Å². The van der Waals surface area contributed by atoms with Crippen molar-refractivity contribution in [2.24, 2.45) is 0 Å². The molecular weight excluding hydrogens is 327 g/mol. The molecule has 0 spiro atoms. The maximum absolute atomic E-state index is 9.82. The maximum atomic E-state index is 9.82. The van der Waals surface area contributed by atoms with Crippen molar-refractivity contribution < 1.29 is 72.2 Å². The van der Waals surface area contributed by atoms with Crippen LogP contribution >= 0.6 is 0 Å². The first-order valence-corrected chi connectivity index (χ1v) is 3.95. The van der Waals surface area contributed by atoms with Crippen LogP contribution in [0.4, 0.5) is 5.87 Å². The van der Waals surface area contributed by atoms with Gasteiger partial charge in [0.1, 0.15) is 0 Å². The molecule has 6 heavy (non-hydrogen) atoms. The minimum absolute atomic E-state index is 0.150. The Kier molecular flexibility index (Phi) is 18.6. The van der Waals surface area contributed by atoms with Crippen LogP contribution in [0.25, 0.3) is 0 Å². The molecule has 0 saturated carbocycles. The molecule has 0 fully saturated rings. The van der Waals surface area contributed by atoms with Gasteiger partial charge in [0.05, 0.1) is 0 Å². The monoisotopic (exact) mass is 329 g/mol. The van der Waals surface area contributed by atoms with E-state index in [1.807, 2.05) is 0 Å². The quantitative estimate of drug-likeness (QED) is 0.594. The van der Waals surface area contributed by atoms with E-state index < -0.39 is 34.6 Å². The summed E-state index contributed by atoms with van der Waals surface area (Å²) in [5.74, 6) is 0. The van der Waals surface area contributed by atoms with Gasteiger partial charge in [-0.15, -0.1) is 0 Å². The first-order valence-electron chi connectivity index (χ1n) is 0.577. The van der Waals surface area contributed by atoms with Crippen molar-refractivity contribution in [2.45, 2.75) is 0 Å². The van der Waals surface area contributed by atoms with E-state index in [1.54, 1.807) is 0 Å². The molecule has 6 heteroatoms. The van der Waals surface area contributed by atoms with Gasteiger partial charge < -0.3 is 0 Å². The van der Waals surface area contributed by atoms with Gasteiger partial charge in [-0.25, -0.2) is 0 Å². The molecule has 0 aromatic rings. The van der Waals surface area contributed by atoms with E-state index in [2.05, 4.69) is 0 Å². The van der Waals surface area contributed by atoms with Crippen LogP contribution in [-0.2, 0) is 31.7 Å². The number of hydrogen-bond donors (Lipinski definition) is 0. The second-order valence-corrected chi connectivity index (χ2v) is 1.01. The van der Waals surface area contributed by atoms with E-state index in [1.165, 1.54) is 0 Å². The zero-order valence-electron chi connectivity index (χ0n) is 2.41. The van der Waals surface area contributed by atoms with Gasteiger partial charge in [-0.1, -0.05) is 0 Å². The van der Waals surface area contributed by atoms with Gasteiger partial charge in [-0.05, 0) is 0 Å². The summed E-state index contributed by atoms with van der Waals surface area (Å²) in [7, 11) is 0. The third kappa shape index (κ3) is 36.0. The van der Waals surface area contributed by atoms with Gasteiger partial charge in [-0.2, -0.15) is 0 Å². The van der Waals surface area contributed by atoms with Crippen LogP contribution in [0.3, 0.4) is 0 Å². The van der Waals surface area contributed by atoms with Crippen molar-refractivity contribution in [2.75, 3.05) is 0 Å². The Morgan fingerprint density at radius 2 is 1.00 bits per heavy atom. The van der Waals surface area contributed by atoms with Gasteiger partial charge in [0.15, 0.2) is 0 Å². The summed E-state index contributed by atoms with van der Waals surface area (Å²) in [6.07, 6.45) is 0. The summed E-state index contributed by atoms with van der Waals surface area (Å²) in [5, 5.41) is 0. The molecule has 0 aromatic heterocycles. The molecule has 41 valence electrons. The van der Waals surface area contributed by atoms with Crippen molar-refractivity contribution in [1.29, 1.82) is 0 Å². The van der Waals surface area contributed by atoms with Crippen LogP contribution in [0.5, 0.6) is 0 Å². The van der Waals surface area contributed by atoms with Crippen LogP contribution in [0.1, 0.15) is 0 Å². The van der Waals surface area contributed by atoms with Gasteiger partial charge in [0, 0.05) is 0 Å². The fourth-order valence-electron chi connectivity index (χ4n) is 0. The number of halogens is 4. The third-order valence-electron chi connectivity index (χ3n) is 0. The number of hydrogen-bond acceptors (Lipinski definition) is 0. The Morgan fingerprint density at radius 1 is 1.00 bits per heavy atom. The van der Waals surface area contributed by atoms with Gasteiger partial charge in [-0.3, -0.25) is 0 Å². The van der Waals surface area contributed by atoms with Crippen LogP contribution in [0, 0.1) is 34.6 Å². The van der Waals surface area contributed by atoms with Gasteiger partial charge >= 0.3 is 72.2 Å². The minimum atomic E-state index is -4.77. The standard InChI is InChI=1S/Dy.4FH.Y/h;4*1H;/q+3;;;;;+1/p-4. The SMILES string of the molecule is [F][Dy]([F])[F].[F][Y]. The molecule has 0 N–H and O–H groups in total. The van der Waals surface area contributed by atoms with E-state index in [0.717, 1.165) is 0 Å². The van der Waals surface area contributed by atoms with Crippen molar-refractivity contribution in [3.8, 4) is 0 Å². The fourth-order valence-corrected chi connectivity index (χ4v) is 0. The summed E-state index contributed by atoms with van der Waals surface area (Å²) in [4.78, 5) is 0. The zero-order valence-corrected chi connectivity index (χ0v) is 7.27. The van der Waals surface area contributed by atoms with Crippen molar-refractivity contribution in [1.82, 2.24) is 0 Å². The molecule has 0 atom stereocenters. The Morgan fingerprint density at radius 3 is 1.00 bits per heavy atom. The second kappa shape index (κ2) is 10.2. The Bertz CT molecular complexity index is 12.3. The normalized spacial score (nSPS) is 8.17. The Labute approximate surface area is 70.6 Å². The summed E-state index contributed by atoms with van der Waals surface area (Å²) in [6.45, 7) is 0.